The van der Waals surface area contributed by atoms with Crippen molar-refractivity contribution in [3.05, 3.63) is 144 Å². The molecule has 2 fully saturated rings. The van der Waals surface area contributed by atoms with Gasteiger partial charge in [-0.1, -0.05) is 111 Å². The molecule has 16 nitrogen and oxygen atoms in total. The van der Waals surface area contributed by atoms with Crippen molar-refractivity contribution >= 4 is 83.0 Å². The number of benzene rings is 4. The molecule has 71 heavy (non-hydrogen) atoms. The molecule has 0 unspecified atom stereocenters. The van der Waals surface area contributed by atoms with Crippen LogP contribution in [0, 0.1) is 0 Å². The van der Waals surface area contributed by atoms with Crippen molar-refractivity contribution in [2.24, 2.45) is 0 Å². The molecule has 0 saturated carbocycles. The van der Waals surface area contributed by atoms with Gasteiger partial charge < -0.3 is 25.6 Å². The highest BCUT2D eigenvalue weighted by Gasteiger charge is 2.31. The molecule has 372 valence electrons. The second-order valence-electron chi connectivity index (χ2n) is 17.5. The molecule has 2 saturated heterocycles. The fourth-order valence-corrected chi connectivity index (χ4v) is 11.4. The number of carbonyl (C=O) groups excluding carboxylic acids is 1. The molecule has 2 atom stereocenters. The fourth-order valence-electron chi connectivity index (χ4n) is 8.25. The highest BCUT2D eigenvalue weighted by Crippen LogP contribution is 2.38. The third kappa shape index (κ3) is 11.2. The third-order valence-corrected chi connectivity index (χ3v) is 15.5. The van der Waals surface area contributed by atoms with E-state index >= 15 is 0 Å². The maximum Gasteiger partial charge on any atom is 0.410 e. The Labute approximate surface area is 424 Å². The summed E-state index contributed by atoms with van der Waals surface area (Å²) in [6, 6.07) is 31.3. The van der Waals surface area contributed by atoms with Gasteiger partial charge in [-0.25, -0.2) is 49.5 Å². The van der Waals surface area contributed by atoms with Crippen molar-refractivity contribution in [2.45, 2.75) is 75.9 Å². The lowest BCUT2D eigenvalue weighted by atomic mass is 10.1. The average Bonchev–Trinajstić information content (AvgIpc) is 4.18. The molecular weight excluding hydrogens is 984 g/mol. The summed E-state index contributed by atoms with van der Waals surface area (Å²) in [5, 5.41) is 12.0. The lowest BCUT2D eigenvalue weighted by Crippen LogP contribution is -2.36. The van der Waals surface area contributed by atoms with E-state index in [1.54, 1.807) is 102 Å². The van der Waals surface area contributed by atoms with Gasteiger partial charge in [0.15, 0.2) is 0 Å². The Morgan fingerprint density at radius 1 is 0.662 bits per heavy atom. The first kappa shape index (κ1) is 52.3. The first-order valence-corrected chi connectivity index (χ1v) is 25.8. The number of amides is 1. The summed E-state index contributed by atoms with van der Waals surface area (Å²) in [6.07, 6.45) is 7.50. The number of nitrogens with zero attached hydrogens (tertiary/aromatic N) is 7. The number of anilines is 2. The van der Waals surface area contributed by atoms with Crippen molar-refractivity contribution in [3.63, 3.8) is 0 Å². The van der Waals surface area contributed by atoms with Crippen molar-refractivity contribution in [1.82, 2.24) is 38.1 Å². The number of rotatable bonds is 10. The van der Waals surface area contributed by atoms with Crippen LogP contribution in [-0.2, 0) is 24.8 Å². The molecule has 0 aliphatic carbocycles. The molecule has 0 spiro atoms. The van der Waals surface area contributed by atoms with E-state index in [9.17, 15) is 21.6 Å². The van der Waals surface area contributed by atoms with Gasteiger partial charge in [0.1, 0.15) is 5.60 Å². The minimum atomic E-state index is -3.86. The molecule has 0 bridgehead atoms. The standard InChI is InChI=1S/C27H28ClN5O4S.C22H20ClN5O2S.2CH4/c1-27(2,3)37-26(34)32-14-13-18(16-32)30-25-29-15-22(28)24(31-25)21-17-33(23-12-8-7-11-20(21)23)38(35,36)19-9-5-4-6-10-19;23-19-13-25-22(26-15-10-11-24-12-15)27-21(19)18-14-28(20-9-5-4-8-17(18)20)31(29,30)16-6-2-1-3-7-16;;/h4-12,15,17-18H,13-14,16H2,1-3H3,(H,29,30,31);1-9,13-15,24H,10-12H2,(H,25,26,27);2*1H4/t18-;15-;;/m11../s1. The quantitative estimate of drug-likeness (QED) is 0.117. The maximum atomic E-state index is 13.5. The molecule has 8 aromatic rings. The van der Waals surface area contributed by atoms with Crippen LogP contribution < -0.4 is 16.0 Å². The van der Waals surface area contributed by atoms with Crippen molar-refractivity contribution < 1.29 is 26.4 Å². The molecule has 6 heterocycles. The maximum absolute atomic E-state index is 13.5. The summed E-state index contributed by atoms with van der Waals surface area (Å²) >= 11 is 13.0. The molecule has 2 aliphatic rings. The minimum Gasteiger partial charge on any atom is -0.444 e. The second kappa shape index (κ2) is 21.4. The highest BCUT2D eigenvalue weighted by molar-refractivity contribution is 7.90. The predicted octanol–water partition coefficient (Wildman–Crippen LogP) is 10.4. The van der Waals surface area contributed by atoms with E-state index in [4.69, 9.17) is 27.9 Å². The first-order valence-electron chi connectivity index (χ1n) is 22.2. The predicted molar refractivity (Wildman–Crippen MR) is 282 cm³/mol. The SMILES string of the molecule is C.C.CC(C)(C)OC(=O)N1CC[C@@H](Nc2ncc(Cl)c(-c3cn(S(=O)(=O)c4ccccc4)c4ccccc34)n2)C1.O=S(=O)(c1ccccc1)n1cc(-c2nc(N[C@@H]3CCNC3)ncc2Cl)c2ccccc21. The monoisotopic (exact) mass is 1040 g/mol. The fraction of sp³-hybridized carbons (Fsp3) is 0.275. The number of ether oxygens (including phenoxy) is 1. The van der Waals surface area contributed by atoms with Gasteiger partial charge in [0, 0.05) is 66.0 Å². The molecule has 0 radical (unpaired) electrons. The topological polar surface area (TPSA) is 195 Å². The van der Waals surface area contributed by atoms with E-state index in [1.165, 1.54) is 14.1 Å². The molecule has 2 aliphatic heterocycles. The molecular formula is C51H56Cl2N10O6S2. The molecule has 10 rings (SSSR count). The van der Waals surface area contributed by atoms with Crippen LogP contribution in [0.4, 0.5) is 16.7 Å². The first-order chi connectivity index (χ1) is 33.1. The number of para-hydroxylation sites is 2. The zero-order valence-electron chi connectivity index (χ0n) is 37.8. The largest absolute Gasteiger partial charge is 0.444 e. The number of likely N-dealkylation sites (tertiary alicyclic amines) is 1. The minimum absolute atomic E-state index is 0. The van der Waals surface area contributed by atoms with Crippen LogP contribution in [0.3, 0.4) is 0 Å². The Hall–Kier alpha value is -6.57. The van der Waals surface area contributed by atoms with Gasteiger partial charge in [0.25, 0.3) is 20.0 Å². The van der Waals surface area contributed by atoms with Crippen LogP contribution in [-0.4, -0.2) is 99.6 Å². The van der Waals surface area contributed by atoms with Gasteiger partial charge in [-0.15, -0.1) is 0 Å². The summed E-state index contributed by atoms with van der Waals surface area (Å²) in [4.78, 5) is 32.4. The Kier molecular flexibility index (Phi) is 15.8. The van der Waals surface area contributed by atoms with E-state index in [0.29, 0.717) is 75.4 Å². The lowest BCUT2D eigenvalue weighted by Gasteiger charge is -2.24. The van der Waals surface area contributed by atoms with Gasteiger partial charge in [-0.3, -0.25) is 0 Å². The van der Waals surface area contributed by atoms with Crippen LogP contribution in [0.2, 0.25) is 10.0 Å². The number of fused-ring (bicyclic) bond motifs is 2. The molecule has 4 aromatic carbocycles. The van der Waals surface area contributed by atoms with Crippen molar-refractivity contribution in [3.8, 4) is 22.5 Å². The normalized spacial score (nSPS) is 15.9. The number of halogens is 2. The summed E-state index contributed by atoms with van der Waals surface area (Å²) in [6.45, 7) is 8.30. The molecule has 1 amide bonds. The van der Waals surface area contributed by atoms with E-state index in [0.717, 1.165) is 24.9 Å². The van der Waals surface area contributed by atoms with Crippen molar-refractivity contribution in [1.29, 1.82) is 0 Å². The number of hydrogen-bond donors (Lipinski definition) is 3. The van der Waals surface area contributed by atoms with E-state index in [-0.39, 0.29) is 47.8 Å². The smallest absolute Gasteiger partial charge is 0.410 e. The van der Waals surface area contributed by atoms with Crippen LogP contribution in [0.1, 0.15) is 48.5 Å². The Morgan fingerprint density at radius 2 is 1.11 bits per heavy atom. The zero-order valence-corrected chi connectivity index (χ0v) is 40.9. The summed E-state index contributed by atoms with van der Waals surface area (Å²) in [7, 11) is -7.64. The molecule has 20 heteroatoms. The Morgan fingerprint density at radius 3 is 1.56 bits per heavy atom. The third-order valence-electron chi connectivity index (χ3n) is 11.5. The van der Waals surface area contributed by atoms with Gasteiger partial charge in [0.2, 0.25) is 11.9 Å². The number of aromatic nitrogens is 6. The van der Waals surface area contributed by atoms with Crippen LogP contribution in [0.15, 0.2) is 144 Å². The van der Waals surface area contributed by atoms with Crippen LogP contribution in [0.25, 0.3) is 44.3 Å². The summed E-state index contributed by atoms with van der Waals surface area (Å²) in [5.41, 5.74) is 2.61. The van der Waals surface area contributed by atoms with Crippen molar-refractivity contribution in [2.75, 3.05) is 36.8 Å². The lowest BCUT2D eigenvalue weighted by molar-refractivity contribution is 0.0293. The second-order valence-corrected chi connectivity index (χ2v) is 22.0. The van der Waals surface area contributed by atoms with E-state index in [1.807, 2.05) is 51.1 Å². The van der Waals surface area contributed by atoms with Crippen LogP contribution >= 0.6 is 23.2 Å². The Bertz CT molecular complexity index is 3400. The average molecular weight is 1040 g/mol. The number of carbonyl (C=O) groups is 1. The van der Waals surface area contributed by atoms with E-state index < -0.39 is 25.6 Å². The zero-order chi connectivity index (χ0) is 48.5. The summed E-state index contributed by atoms with van der Waals surface area (Å²) in [5.74, 6) is 0.805. The molecule has 4 aromatic heterocycles. The van der Waals surface area contributed by atoms with Gasteiger partial charge in [0.05, 0.1) is 54.7 Å². The highest BCUT2D eigenvalue weighted by atomic mass is 35.5. The summed E-state index contributed by atoms with van der Waals surface area (Å²) < 4.78 is 61.7. The van der Waals surface area contributed by atoms with Gasteiger partial charge in [-0.2, -0.15) is 0 Å². The number of nitrogens with one attached hydrogen (secondary N) is 3. The molecule has 3 N–H and O–H groups in total. The van der Waals surface area contributed by atoms with Crippen LogP contribution in [0.5, 0.6) is 0 Å². The Balaban J connectivity index is 0.000000207. The van der Waals surface area contributed by atoms with Gasteiger partial charge in [-0.05, 0) is 76.6 Å². The number of hydrogen-bond acceptors (Lipinski definition) is 13. The van der Waals surface area contributed by atoms with E-state index in [2.05, 4.69) is 35.9 Å². The van der Waals surface area contributed by atoms with Gasteiger partial charge >= 0.3 is 6.09 Å².